The second-order valence-electron chi connectivity index (χ2n) is 4.25. The van der Waals surface area contributed by atoms with Crippen molar-refractivity contribution in [3.05, 3.63) is 34.1 Å². The topological polar surface area (TPSA) is 49.3 Å². The van der Waals surface area contributed by atoms with Crippen LogP contribution in [0.15, 0.2) is 22.7 Å². The third-order valence-corrected chi connectivity index (χ3v) is 3.65. The lowest BCUT2D eigenvalue weighted by Crippen LogP contribution is -2.47. The van der Waals surface area contributed by atoms with Crippen LogP contribution in [0, 0.1) is 11.7 Å². The predicted octanol–water partition coefficient (Wildman–Crippen LogP) is 2.54. The van der Waals surface area contributed by atoms with Crippen molar-refractivity contribution < 1.29 is 14.3 Å². The van der Waals surface area contributed by atoms with E-state index in [4.69, 9.17) is 5.11 Å². The number of nitrogens with one attached hydrogen (secondary N) is 1. The number of aliphatic carboxylic acids is 1. The average Bonchev–Trinajstić information content (AvgIpc) is 2.21. The van der Waals surface area contributed by atoms with E-state index in [1.807, 2.05) is 0 Å². The smallest absolute Gasteiger partial charge is 0.308 e. The summed E-state index contributed by atoms with van der Waals surface area (Å²) >= 11 is 3.28. The number of carboxylic acids is 1. The van der Waals surface area contributed by atoms with E-state index < -0.39 is 5.97 Å². The fourth-order valence-corrected chi connectivity index (χ4v) is 2.37. The maximum absolute atomic E-state index is 13.4. The first-order valence-corrected chi connectivity index (χ1v) is 6.27. The Balaban J connectivity index is 1.94. The van der Waals surface area contributed by atoms with Crippen molar-refractivity contribution in [3.63, 3.8) is 0 Å². The van der Waals surface area contributed by atoms with Gasteiger partial charge in [-0.2, -0.15) is 0 Å². The zero-order valence-corrected chi connectivity index (χ0v) is 10.7. The van der Waals surface area contributed by atoms with Gasteiger partial charge in [0, 0.05) is 22.6 Å². The van der Waals surface area contributed by atoms with Crippen LogP contribution in [0.3, 0.4) is 0 Å². The third-order valence-electron chi connectivity index (χ3n) is 3.15. The van der Waals surface area contributed by atoms with Gasteiger partial charge in [0.25, 0.3) is 0 Å². The summed E-state index contributed by atoms with van der Waals surface area (Å²) in [7, 11) is 0. The van der Waals surface area contributed by atoms with Crippen LogP contribution in [-0.2, 0) is 11.3 Å². The van der Waals surface area contributed by atoms with E-state index in [0.29, 0.717) is 18.5 Å². The summed E-state index contributed by atoms with van der Waals surface area (Å²) in [6.45, 7) is 0.361. The first-order valence-electron chi connectivity index (χ1n) is 5.48. The number of hydrogen-bond acceptors (Lipinski definition) is 2. The monoisotopic (exact) mass is 301 g/mol. The van der Waals surface area contributed by atoms with Crippen LogP contribution in [0.2, 0.25) is 0 Å². The van der Waals surface area contributed by atoms with Crippen molar-refractivity contribution >= 4 is 21.9 Å². The molecule has 1 aromatic carbocycles. The minimum atomic E-state index is -0.775. The highest BCUT2D eigenvalue weighted by Gasteiger charge is 2.36. The average molecular weight is 302 g/mol. The molecule has 92 valence electrons. The number of benzene rings is 1. The van der Waals surface area contributed by atoms with E-state index in [1.165, 1.54) is 6.07 Å². The third kappa shape index (κ3) is 2.84. The van der Waals surface area contributed by atoms with E-state index in [0.717, 1.165) is 10.9 Å². The molecule has 0 aliphatic heterocycles. The summed E-state index contributed by atoms with van der Waals surface area (Å²) in [5.41, 5.74) is 0.551. The molecule has 0 heterocycles. The van der Waals surface area contributed by atoms with Gasteiger partial charge in [0.2, 0.25) is 0 Å². The quantitative estimate of drug-likeness (QED) is 0.898. The van der Waals surface area contributed by atoms with Crippen LogP contribution < -0.4 is 5.32 Å². The zero-order chi connectivity index (χ0) is 12.4. The molecule has 5 heteroatoms. The molecule has 0 saturated heterocycles. The highest BCUT2D eigenvalue weighted by Crippen LogP contribution is 2.28. The maximum Gasteiger partial charge on any atom is 0.308 e. The SMILES string of the molecule is O=C(O)C1CCC1NCc1cc(Br)ccc1F. The Bertz CT molecular complexity index is 439. The van der Waals surface area contributed by atoms with Crippen molar-refractivity contribution in [3.8, 4) is 0 Å². The molecule has 0 aromatic heterocycles. The largest absolute Gasteiger partial charge is 0.481 e. The maximum atomic E-state index is 13.4. The first-order chi connectivity index (χ1) is 8.08. The van der Waals surface area contributed by atoms with E-state index in [1.54, 1.807) is 12.1 Å². The normalized spacial score (nSPS) is 23.2. The molecule has 2 N–H and O–H groups in total. The summed E-state index contributed by atoms with van der Waals surface area (Å²) in [6.07, 6.45) is 1.54. The predicted molar refractivity (Wildman–Crippen MR) is 65.1 cm³/mol. The summed E-state index contributed by atoms with van der Waals surface area (Å²) < 4.78 is 14.2. The Morgan fingerprint density at radius 1 is 1.53 bits per heavy atom. The summed E-state index contributed by atoms with van der Waals surface area (Å²) in [5, 5.41) is 12.0. The molecule has 0 spiro atoms. The summed E-state index contributed by atoms with van der Waals surface area (Å²) in [5.74, 6) is -1.37. The van der Waals surface area contributed by atoms with Crippen LogP contribution in [0.5, 0.6) is 0 Å². The highest BCUT2D eigenvalue weighted by atomic mass is 79.9. The van der Waals surface area contributed by atoms with Gasteiger partial charge in [-0.3, -0.25) is 4.79 Å². The lowest BCUT2D eigenvalue weighted by Gasteiger charge is -2.34. The molecule has 17 heavy (non-hydrogen) atoms. The van der Waals surface area contributed by atoms with Crippen molar-refractivity contribution in [1.82, 2.24) is 5.32 Å². The molecule has 2 rings (SSSR count). The van der Waals surface area contributed by atoms with Crippen molar-refractivity contribution in [2.24, 2.45) is 5.92 Å². The van der Waals surface area contributed by atoms with Gasteiger partial charge in [-0.15, -0.1) is 0 Å². The molecule has 2 atom stereocenters. The first kappa shape index (κ1) is 12.5. The van der Waals surface area contributed by atoms with Crippen LogP contribution in [-0.4, -0.2) is 17.1 Å². The summed E-state index contributed by atoms with van der Waals surface area (Å²) in [4.78, 5) is 10.8. The molecular formula is C12H13BrFNO2. The van der Waals surface area contributed by atoms with Crippen LogP contribution >= 0.6 is 15.9 Å². The van der Waals surface area contributed by atoms with Gasteiger partial charge in [-0.25, -0.2) is 4.39 Å². The summed E-state index contributed by atoms with van der Waals surface area (Å²) in [6, 6.07) is 4.71. The van der Waals surface area contributed by atoms with Crippen LogP contribution in [0.25, 0.3) is 0 Å². The number of halogens is 2. The molecule has 3 nitrogen and oxygen atoms in total. The molecule has 1 aliphatic carbocycles. The fourth-order valence-electron chi connectivity index (χ4n) is 1.96. The molecular weight excluding hydrogens is 289 g/mol. The van der Waals surface area contributed by atoms with E-state index >= 15 is 0 Å². The van der Waals surface area contributed by atoms with Crippen LogP contribution in [0.1, 0.15) is 18.4 Å². The molecule has 0 radical (unpaired) electrons. The van der Waals surface area contributed by atoms with Crippen molar-refractivity contribution in [2.75, 3.05) is 0 Å². The van der Waals surface area contributed by atoms with Gasteiger partial charge >= 0.3 is 5.97 Å². The Hall–Kier alpha value is -0.940. The van der Waals surface area contributed by atoms with Gasteiger partial charge in [0.15, 0.2) is 0 Å². The van der Waals surface area contributed by atoms with Gasteiger partial charge in [0.05, 0.1) is 5.92 Å². The fraction of sp³-hybridized carbons (Fsp3) is 0.417. The molecule has 1 aliphatic rings. The molecule has 1 aromatic rings. The zero-order valence-electron chi connectivity index (χ0n) is 9.12. The van der Waals surface area contributed by atoms with Gasteiger partial charge in [-0.1, -0.05) is 15.9 Å². The standard InChI is InChI=1S/C12H13BrFNO2/c13-8-1-3-10(14)7(5-8)6-15-11-4-2-9(11)12(16)17/h1,3,5,9,11,15H,2,4,6H2,(H,16,17). The lowest BCUT2D eigenvalue weighted by atomic mass is 9.79. The molecule has 0 bridgehead atoms. The van der Waals surface area contributed by atoms with Gasteiger partial charge in [-0.05, 0) is 31.0 Å². The second kappa shape index (κ2) is 5.14. The Morgan fingerprint density at radius 3 is 2.88 bits per heavy atom. The number of hydrogen-bond donors (Lipinski definition) is 2. The molecule has 2 unspecified atom stereocenters. The molecule has 0 amide bonds. The number of rotatable bonds is 4. The minimum Gasteiger partial charge on any atom is -0.481 e. The Labute approximate surface area is 107 Å². The molecule has 1 fully saturated rings. The number of carbonyl (C=O) groups is 1. The Morgan fingerprint density at radius 2 is 2.29 bits per heavy atom. The number of carboxylic acid groups (broad SMARTS) is 1. The van der Waals surface area contributed by atoms with E-state index in [9.17, 15) is 9.18 Å². The molecule has 1 saturated carbocycles. The van der Waals surface area contributed by atoms with Gasteiger partial charge in [0.1, 0.15) is 5.82 Å². The van der Waals surface area contributed by atoms with Crippen molar-refractivity contribution in [2.45, 2.75) is 25.4 Å². The minimum absolute atomic E-state index is 0.0362. The van der Waals surface area contributed by atoms with Crippen molar-refractivity contribution in [1.29, 1.82) is 0 Å². The van der Waals surface area contributed by atoms with E-state index in [-0.39, 0.29) is 17.8 Å². The van der Waals surface area contributed by atoms with Gasteiger partial charge < -0.3 is 10.4 Å². The van der Waals surface area contributed by atoms with E-state index in [2.05, 4.69) is 21.2 Å². The second-order valence-corrected chi connectivity index (χ2v) is 5.16. The highest BCUT2D eigenvalue weighted by molar-refractivity contribution is 9.10. The Kier molecular flexibility index (Phi) is 3.79. The van der Waals surface area contributed by atoms with Crippen LogP contribution in [0.4, 0.5) is 4.39 Å². The lowest BCUT2D eigenvalue weighted by molar-refractivity contribution is -0.146.